The Morgan fingerprint density at radius 3 is 2.81 bits per heavy atom. The van der Waals surface area contributed by atoms with Gasteiger partial charge in [-0.15, -0.1) is 0 Å². The Balaban J connectivity index is 1.86. The van der Waals surface area contributed by atoms with E-state index in [1.807, 2.05) is 38.2 Å². The predicted molar refractivity (Wildman–Crippen MR) is 77.1 cm³/mol. The van der Waals surface area contributed by atoms with Crippen LogP contribution in [-0.2, 0) is 13.0 Å². The molecule has 108 valence electrons. The van der Waals surface area contributed by atoms with Crippen molar-refractivity contribution in [2.75, 3.05) is 5.32 Å². The van der Waals surface area contributed by atoms with Gasteiger partial charge in [0.25, 0.3) is 5.95 Å². The minimum atomic E-state index is 0.511. The Bertz CT molecular complexity index is 719. The van der Waals surface area contributed by atoms with Gasteiger partial charge < -0.3 is 9.73 Å². The number of aryl methyl sites for hydroxylation is 2. The van der Waals surface area contributed by atoms with Crippen LogP contribution in [0.1, 0.15) is 24.2 Å². The summed E-state index contributed by atoms with van der Waals surface area (Å²) in [5.41, 5.74) is 0.915. The molecule has 0 amide bonds. The topological polar surface area (TPSA) is 81.7 Å². The first-order valence-corrected chi connectivity index (χ1v) is 6.78. The summed E-state index contributed by atoms with van der Waals surface area (Å²) in [6.07, 6.45) is 4.20. The van der Waals surface area contributed by atoms with Gasteiger partial charge in [-0.05, 0) is 25.1 Å². The summed E-state index contributed by atoms with van der Waals surface area (Å²) in [6, 6.07) is 5.65. The van der Waals surface area contributed by atoms with Gasteiger partial charge in [0.2, 0.25) is 5.95 Å². The predicted octanol–water partition coefficient (Wildman–Crippen LogP) is 2.13. The molecule has 0 aliphatic rings. The number of aromatic nitrogens is 5. The monoisotopic (exact) mass is 284 g/mol. The van der Waals surface area contributed by atoms with Crippen molar-refractivity contribution in [3.05, 3.63) is 47.9 Å². The highest BCUT2D eigenvalue weighted by Gasteiger charge is 2.08. The quantitative estimate of drug-likeness (QED) is 0.773. The van der Waals surface area contributed by atoms with Crippen LogP contribution >= 0.6 is 0 Å². The first kappa shape index (κ1) is 13.3. The van der Waals surface area contributed by atoms with Crippen molar-refractivity contribution >= 4 is 5.95 Å². The molecule has 3 rings (SSSR count). The molecule has 0 aliphatic carbocycles. The van der Waals surface area contributed by atoms with E-state index in [4.69, 9.17) is 4.42 Å². The molecule has 0 radical (unpaired) electrons. The van der Waals surface area contributed by atoms with Crippen molar-refractivity contribution in [3.8, 4) is 5.95 Å². The summed E-state index contributed by atoms with van der Waals surface area (Å²) in [6.45, 7) is 4.45. The molecular formula is C14H16N6O. The summed E-state index contributed by atoms with van der Waals surface area (Å²) in [5.74, 6) is 2.57. The van der Waals surface area contributed by atoms with E-state index >= 15 is 0 Å². The van der Waals surface area contributed by atoms with Gasteiger partial charge in [-0.2, -0.15) is 20.1 Å². The number of nitrogens with zero attached hydrogens (tertiary/aromatic N) is 5. The molecule has 7 nitrogen and oxygen atoms in total. The average molecular weight is 284 g/mol. The Morgan fingerprint density at radius 2 is 2.14 bits per heavy atom. The highest BCUT2D eigenvalue weighted by molar-refractivity contribution is 5.29. The molecule has 0 aliphatic heterocycles. The smallest absolute Gasteiger partial charge is 0.255 e. The number of hydrogen-bond donors (Lipinski definition) is 1. The van der Waals surface area contributed by atoms with E-state index in [2.05, 4.69) is 25.4 Å². The van der Waals surface area contributed by atoms with E-state index in [1.54, 1.807) is 10.9 Å². The van der Waals surface area contributed by atoms with Gasteiger partial charge in [0.1, 0.15) is 11.6 Å². The molecule has 0 saturated heterocycles. The van der Waals surface area contributed by atoms with Crippen LogP contribution in [0.25, 0.3) is 5.95 Å². The molecule has 0 atom stereocenters. The third-order valence-electron chi connectivity index (χ3n) is 2.91. The van der Waals surface area contributed by atoms with Gasteiger partial charge in [0, 0.05) is 12.6 Å². The number of hydrogen-bond acceptors (Lipinski definition) is 6. The third kappa shape index (κ3) is 3.07. The Labute approximate surface area is 122 Å². The molecule has 3 heterocycles. The first-order valence-electron chi connectivity index (χ1n) is 6.78. The number of rotatable bonds is 5. The summed E-state index contributed by atoms with van der Waals surface area (Å²) >= 11 is 0. The molecule has 1 N–H and O–H groups in total. The fraction of sp³-hybridized carbons (Fsp3) is 0.286. The zero-order valence-corrected chi connectivity index (χ0v) is 11.9. The maximum absolute atomic E-state index is 5.28. The Kier molecular flexibility index (Phi) is 3.63. The van der Waals surface area contributed by atoms with Gasteiger partial charge in [0.05, 0.1) is 18.5 Å². The van der Waals surface area contributed by atoms with E-state index < -0.39 is 0 Å². The number of furan rings is 1. The van der Waals surface area contributed by atoms with Crippen LogP contribution in [0.15, 0.2) is 35.1 Å². The molecule has 7 heteroatoms. The second-order valence-electron chi connectivity index (χ2n) is 4.56. The van der Waals surface area contributed by atoms with Gasteiger partial charge in [-0.25, -0.2) is 4.68 Å². The minimum Gasteiger partial charge on any atom is -0.467 e. The van der Waals surface area contributed by atoms with Crippen molar-refractivity contribution in [1.82, 2.24) is 24.7 Å². The van der Waals surface area contributed by atoms with Crippen LogP contribution in [0, 0.1) is 6.92 Å². The summed E-state index contributed by atoms with van der Waals surface area (Å²) in [5, 5.41) is 7.47. The second-order valence-corrected chi connectivity index (χ2v) is 4.56. The molecule has 0 fully saturated rings. The van der Waals surface area contributed by atoms with E-state index in [9.17, 15) is 0 Å². The van der Waals surface area contributed by atoms with E-state index in [0.717, 1.165) is 23.7 Å². The van der Waals surface area contributed by atoms with Crippen LogP contribution in [0.4, 0.5) is 5.95 Å². The molecule has 0 saturated carbocycles. The highest BCUT2D eigenvalue weighted by Crippen LogP contribution is 2.09. The van der Waals surface area contributed by atoms with Crippen molar-refractivity contribution < 1.29 is 4.42 Å². The lowest BCUT2D eigenvalue weighted by Crippen LogP contribution is -2.11. The first-order chi connectivity index (χ1) is 10.2. The zero-order valence-electron chi connectivity index (χ0n) is 11.9. The summed E-state index contributed by atoms with van der Waals surface area (Å²) in [4.78, 5) is 13.2. The molecule has 0 aromatic carbocycles. The lowest BCUT2D eigenvalue weighted by Gasteiger charge is -2.07. The molecule has 3 aromatic heterocycles. The van der Waals surface area contributed by atoms with Crippen molar-refractivity contribution in [2.45, 2.75) is 26.8 Å². The fourth-order valence-electron chi connectivity index (χ4n) is 1.85. The normalized spacial score (nSPS) is 10.8. The van der Waals surface area contributed by atoms with Crippen molar-refractivity contribution in [1.29, 1.82) is 0 Å². The maximum Gasteiger partial charge on any atom is 0.255 e. The van der Waals surface area contributed by atoms with Gasteiger partial charge in [-0.1, -0.05) is 6.92 Å². The number of nitrogens with one attached hydrogen (secondary N) is 1. The summed E-state index contributed by atoms with van der Waals surface area (Å²) < 4.78 is 6.93. The zero-order chi connectivity index (χ0) is 14.7. The van der Waals surface area contributed by atoms with Crippen LogP contribution in [0.3, 0.4) is 0 Å². The standard InChI is InChI=1S/C14H16N6O/c1-3-12-16-13(15-9-11-5-4-8-21-11)18-14(17-12)20-7-6-10(2)19-20/h4-8H,3,9H2,1-2H3,(H,15,16,17,18). The molecule has 3 aromatic rings. The largest absolute Gasteiger partial charge is 0.467 e. The van der Waals surface area contributed by atoms with Crippen LogP contribution in [0.2, 0.25) is 0 Å². The lowest BCUT2D eigenvalue weighted by molar-refractivity contribution is 0.517. The maximum atomic E-state index is 5.28. The minimum absolute atomic E-state index is 0.511. The molecule has 0 unspecified atom stereocenters. The Hall–Kier alpha value is -2.70. The summed E-state index contributed by atoms with van der Waals surface area (Å²) in [7, 11) is 0. The van der Waals surface area contributed by atoms with Crippen LogP contribution in [0.5, 0.6) is 0 Å². The fourth-order valence-corrected chi connectivity index (χ4v) is 1.85. The van der Waals surface area contributed by atoms with Crippen molar-refractivity contribution in [3.63, 3.8) is 0 Å². The van der Waals surface area contributed by atoms with E-state index in [1.165, 1.54) is 0 Å². The molecule has 0 spiro atoms. The van der Waals surface area contributed by atoms with Crippen LogP contribution in [-0.4, -0.2) is 24.7 Å². The van der Waals surface area contributed by atoms with Crippen molar-refractivity contribution in [2.24, 2.45) is 0 Å². The van der Waals surface area contributed by atoms with E-state index in [0.29, 0.717) is 18.4 Å². The van der Waals surface area contributed by atoms with Gasteiger partial charge in [0.15, 0.2) is 0 Å². The lowest BCUT2D eigenvalue weighted by atomic mass is 10.4. The second kappa shape index (κ2) is 5.74. The van der Waals surface area contributed by atoms with Crippen LogP contribution < -0.4 is 5.32 Å². The average Bonchev–Trinajstić information content (AvgIpc) is 3.16. The molecule has 0 bridgehead atoms. The van der Waals surface area contributed by atoms with Gasteiger partial charge >= 0.3 is 0 Å². The SMILES string of the molecule is CCc1nc(NCc2ccco2)nc(-n2ccc(C)n2)n1. The highest BCUT2D eigenvalue weighted by atomic mass is 16.3. The van der Waals surface area contributed by atoms with E-state index in [-0.39, 0.29) is 0 Å². The molecule has 21 heavy (non-hydrogen) atoms. The molecular weight excluding hydrogens is 268 g/mol. The number of anilines is 1. The third-order valence-corrected chi connectivity index (χ3v) is 2.91. The Morgan fingerprint density at radius 1 is 1.24 bits per heavy atom. The van der Waals surface area contributed by atoms with Gasteiger partial charge in [-0.3, -0.25) is 0 Å².